The molecule has 2 aliphatic heterocycles. The summed E-state index contributed by atoms with van der Waals surface area (Å²) in [7, 11) is -17.3. The fraction of sp³-hybridized carbons (Fsp3) is 0.167. The molecule has 0 fully saturated rings. The number of nitrogens with one attached hydrogen (secondary N) is 2. The highest BCUT2D eigenvalue weighted by Crippen LogP contribution is 2.39. The Bertz CT molecular complexity index is 3520. The first kappa shape index (κ1) is 52.5. The van der Waals surface area contributed by atoms with Crippen LogP contribution in [0.15, 0.2) is 97.6 Å². The van der Waals surface area contributed by atoms with E-state index in [9.17, 15) is 51.9 Å². The summed E-state index contributed by atoms with van der Waals surface area (Å²) >= 11 is 0. The number of aromatic nitrogens is 8. The van der Waals surface area contributed by atoms with Crippen molar-refractivity contribution in [3.05, 3.63) is 143 Å². The standard InChI is InChI=1S/C48H42N8O12S4.ClH/c57-69(58,59)21-13-33-25-29(9-17-49-33)45-37-1-2-38(53-37)46(30-10-18-50-34(26-30)14-22-70(60,61)62)40-5-6-42(55-40)48(32-12-20-52-36(28-32)16-24-72(66,67)68)44-8-7-43(56-44)47(41-4-3-39(45)54-41)31-11-19-51-35(27-31)15-23-71(63,64)65;/h1-12,17-20,25-28,53,56H,13-16,21-24H2,(H,57,58,59)(H,60,61,62)(H,63,64,65)(H,66,67,68);1H. The molecule has 0 aromatic carbocycles. The van der Waals surface area contributed by atoms with Gasteiger partial charge in [-0.2, -0.15) is 33.7 Å². The van der Waals surface area contributed by atoms with Crippen LogP contribution >= 0.6 is 12.4 Å². The van der Waals surface area contributed by atoms with Crippen molar-refractivity contribution in [1.82, 2.24) is 39.9 Å². The smallest absolute Gasteiger partial charge is 0.265 e. The third-order valence-electron chi connectivity index (χ3n) is 11.6. The minimum atomic E-state index is -4.33. The second-order valence-corrected chi connectivity index (χ2v) is 23.1. The van der Waals surface area contributed by atoms with E-state index in [0.717, 1.165) is 0 Å². The lowest BCUT2D eigenvalue weighted by Gasteiger charge is -2.09. The summed E-state index contributed by atoms with van der Waals surface area (Å²) in [5, 5.41) is 0. The molecule has 2 aliphatic rings. The molecule has 8 bridgehead atoms. The molecule has 7 aromatic rings. The van der Waals surface area contributed by atoms with Crippen LogP contribution in [0.4, 0.5) is 0 Å². The zero-order valence-corrected chi connectivity index (χ0v) is 42.1. The first-order chi connectivity index (χ1) is 34.1. The molecule has 0 aliphatic carbocycles. The lowest BCUT2D eigenvalue weighted by Crippen LogP contribution is -2.07. The topological polar surface area (TPSA) is 326 Å². The first-order valence-electron chi connectivity index (χ1n) is 21.9. The molecule has 0 atom stereocenters. The third-order valence-corrected chi connectivity index (χ3v) is 14.5. The van der Waals surface area contributed by atoms with Crippen LogP contribution in [-0.2, 0) is 66.2 Å². The van der Waals surface area contributed by atoms with Gasteiger partial charge in [0.15, 0.2) is 0 Å². The van der Waals surface area contributed by atoms with Crippen molar-refractivity contribution in [2.75, 3.05) is 23.0 Å². The summed E-state index contributed by atoms with van der Waals surface area (Å²) in [5.41, 5.74) is 9.99. The molecule has 0 spiro atoms. The molecule has 20 nitrogen and oxygen atoms in total. The van der Waals surface area contributed by atoms with E-state index in [-0.39, 0.29) is 38.1 Å². The second kappa shape index (κ2) is 20.9. The summed E-state index contributed by atoms with van der Waals surface area (Å²) in [6.45, 7) is 0. The summed E-state index contributed by atoms with van der Waals surface area (Å²) in [6.07, 6.45) is 12.9. The van der Waals surface area contributed by atoms with Crippen molar-refractivity contribution in [3.8, 4) is 44.5 Å². The molecule has 0 amide bonds. The van der Waals surface area contributed by atoms with Gasteiger partial charge in [-0.3, -0.25) is 38.1 Å². The Hall–Kier alpha value is -6.87. The van der Waals surface area contributed by atoms with Gasteiger partial charge < -0.3 is 9.97 Å². The molecular formula is C48H43ClN8O12S4. The number of nitrogens with zero attached hydrogens (tertiary/aromatic N) is 6. The summed E-state index contributed by atoms with van der Waals surface area (Å²) in [6, 6.07) is 21.0. The first-order valence-corrected chi connectivity index (χ1v) is 28.3. The summed E-state index contributed by atoms with van der Waals surface area (Å²) < 4.78 is 133. The number of pyridine rings is 4. The van der Waals surface area contributed by atoms with Gasteiger partial charge in [0.05, 0.1) is 45.8 Å². The number of hydrogen-bond donors (Lipinski definition) is 6. The highest BCUT2D eigenvalue weighted by Gasteiger charge is 2.21. The summed E-state index contributed by atoms with van der Waals surface area (Å²) in [5.74, 6) is -2.28. The Morgan fingerprint density at radius 3 is 0.781 bits per heavy atom. The van der Waals surface area contributed by atoms with Gasteiger partial charge in [-0.1, -0.05) is 0 Å². The molecule has 0 saturated heterocycles. The van der Waals surface area contributed by atoms with Gasteiger partial charge in [0, 0.05) is 118 Å². The van der Waals surface area contributed by atoms with Gasteiger partial charge in [0.1, 0.15) is 0 Å². The molecule has 0 radical (unpaired) electrons. The Morgan fingerprint density at radius 1 is 0.356 bits per heavy atom. The van der Waals surface area contributed by atoms with Gasteiger partial charge >= 0.3 is 0 Å². The molecule has 0 saturated carbocycles. The maximum absolute atomic E-state index is 11.8. The lowest BCUT2D eigenvalue weighted by molar-refractivity contribution is 0.480. The van der Waals surface area contributed by atoms with E-state index in [4.69, 9.17) is 9.97 Å². The normalized spacial score (nSPS) is 12.8. The van der Waals surface area contributed by atoms with Crippen LogP contribution in [0, 0.1) is 0 Å². The van der Waals surface area contributed by atoms with Crippen molar-refractivity contribution in [2.24, 2.45) is 0 Å². The van der Waals surface area contributed by atoms with E-state index in [2.05, 4.69) is 29.9 Å². The fourth-order valence-electron chi connectivity index (χ4n) is 8.44. The van der Waals surface area contributed by atoms with Crippen LogP contribution in [-0.4, -0.2) is 115 Å². The lowest BCUT2D eigenvalue weighted by atomic mass is 10.0. The minimum Gasteiger partial charge on any atom is -0.354 e. The molecule has 6 N–H and O–H groups in total. The number of halogens is 1. The monoisotopic (exact) mass is 1090 g/mol. The van der Waals surface area contributed by atoms with Crippen molar-refractivity contribution >= 4 is 99.3 Å². The Morgan fingerprint density at radius 2 is 0.575 bits per heavy atom. The SMILES string of the molecule is Cl.O=S(=O)(O)CCc1cc(-c2c3nc(c(-c4ccnc(CCS(=O)(=O)O)c4)c4ccc([nH]4)c(-c4ccnc(CCS(=O)(=O)O)c4)c4nc(c(-c5ccnc(CCS(=O)(=O)O)c5)c5ccc2[nH]5)C=C4)C=C3)ccn1. The van der Waals surface area contributed by atoms with Crippen LogP contribution < -0.4 is 0 Å². The minimum absolute atomic E-state index is 0. The molecule has 25 heteroatoms. The van der Waals surface area contributed by atoms with Crippen LogP contribution in [0.5, 0.6) is 0 Å². The maximum atomic E-state index is 11.8. The Kier molecular flexibility index (Phi) is 15.0. The van der Waals surface area contributed by atoms with E-state index in [1.807, 2.05) is 24.3 Å². The van der Waals surface area contributed by atoms with Gasteiger partial charge in [-0.05, 0) is 119 Å². The number of aryl methyl sites for hydroxylation is 4. The van der Waals surface area contributed by atoms with E-state index < -0.39 is 63.5 Å². The molecular weight excluding hydrogens is 1040 g/mol. The highest BCUT2D eigenvalue weighted by atomic mass is 35.5. The van der Waals surface area contributed by atoms with Gasteiger partial charge in [0.2, 0.25) is 0 Å². The predicted octanol–water partition coefficient (Wildman–Crippen LogP) is 7.05. The van der Waals surface area contributed by atoms with Crippen LogP contribution in [0.1, 0.15) is 45.6 Å². The van der Waals surface area contributed by atoms with Crippen molar-refractivity contribution in [2.45, 2.75) is 25.7 Å². The maximum Gasteiger partial charge on any atom is 0.265 e. The van der Waals surface area contributed by atoms with E-state index in [0.29, 0.717) is 112 Å². The molecule has 7 aromatic heterocycles. The van der Waals surface area contributed by atoms with Crippen molar-refractivity contribution < 1.29 is 51.9 Å². The Labute approximate surface area is 424 Å². The molecule has 0 unspecified atom stereocenters. The fourth-order valence-corrected chi connectivity index (χ4v) is 10.3. The van der Waals surface area contributed by atoms with Crippen LogP contribution in [0.2, 0.25) is 0 Å². The average molecular weight is 1090 g/mol. The van der Waals surface area contributed by atoms with E-state index >= 15 is 0 Å². The number of rotatable bonds is 16. The number of fused-ring (bicyclic) bond motifs is 8. The third kappa shape index (κ3) is 13.0. The van der Waals surface area contributed by atoms with Crippen molar-refractivity contribution in [1.29, 1.82) is 0 Å². The van der Waals surface area contributed by atoms with Crippen LogP contribution in [0.3, 0.4) is 0 Å². The largest absolute Gasteiger partial charge is 0.354 e. The molecule has 73 heavy (non-hydrogen) atoms. The van der Waals surface area contributed by atoms with Crippen molar-refractivity contribution in [3.63, 3.8) is 0 Å². The number of aromatic amines is 2. The molecule has 378 valence electrons. The van der Waals surface area contributed by atoms with Gasteiger partial charge in [-0.15, -0.1) is 12.4 Å². The highest BCUT2D eigenvalue weighted by molar-refractivity contribution is 7.86. The number of H-pyrrole nitrogens is 2. The molecule has 9 rings (SSSR count). The van der Waals surface area contributed by atoms with Crippen LogP contribution in [0.25, 0.3) is 90.9 Å². The second-order valence-electron chi connectivity index (χ2n) is 16.8. The van der Waals surface area contributed by atoms with E-state index in [1.54, 1.807) is 72.8 Å². The van der Waals surface area contributed by atoms with Gasteiger partial charge in [-0.25, -0.2) is 9.97 Å². The van der Waals surface area contributed by atoms with Gasteiger partial charge in [0.25, 0.3) is 40.5 Å². The Balaban J connectivity index is 0.00000711. The summed E-state index contributed by atoms with van der Waals surface area (Å²) in [4.78, 5) is 35.0. The zero-order chi connectivity index (χ0) is 51.0. The predicted molar refractivity (Wildman–Crippen MR) is 280 cm³/mol. The average Bonchev–Trinajstić information content (AvgIpc) is 4.17. The quantitative estimate of drug-likeness (QED) is 0.0528. The van der Waals surface area contributed by atoms with E-state index in [1.165, 1.54) is 24.8 Å². The number of hydrogen-bond acceptors (Lipinski definition) is 14. The molecule has 9 heterocycles. The zero-order valence-electron chi connectivity index (χ0n) is 38.0.